The molecule has 350 valence electrons. The van der Waals surface area contributed by atoms with E-state index in [1.54, 1.807) is 0 Å². The lowest BCUT2D eigenvalue weighted by Crippen LogP contribution is -2.32. The van der Waals surface area contributed by atoms with Crippen LogP contribution in [0.5, 0.6) is 11.5 Å². The van der Waals surface area contributed by atoms with Crippen LogP contribution in [-0.2, 0) is 10.8 Å². The van der Waals surface area contributed by atoms with Crippen molar-refractivity contribution in [2.24, 2.45) is 0 Å². The van der Waals surface area contributed by atoms with E-state index < -0.39 is 10.8 Å². The van der Waals surface area contributed by atoms with Crippen molar-refractivity contribution < 1.29 is 4.74 Å². The van der Waals surface area contributed by atoms with E-state index in [1.807, 2.05) is 11.8 Å². The monoisotopic (exact) mass is 971 g/mol. The van der Waals surface area contributed by atoms with E-state index >= 15 is 0 Å². The van der Waals surface area contributed by atoms with Crippen LogP contribution in [-0.4, -0.2) is 0 Å². The zero-order chi connectivity index (χ0) is 49.2. The lowest BCUT2D eigenvalue weighted by atomic mass is 9.66. The third-order valence-electron chi connectivity index (χ3n) is 16.6. The Morgan fingerprint density at radius 1 is 0.307 bits per heavy atom. The molecule has 0 saturated heterocycles. The van der Waals surface area contributed by atoms with Gasteiger partial charge in [0.25, 0.3) is 0 Å². The van der Waals surface area contributed by atoms with Gasteiger partial charge >= 0.3 is 0 Å². The van der Waals surface area contributed by atoms with Gasteiger partial charge in [-0.05, 0) is 109 Å². The van der Waals surface area contributed by atoms with Crippen molar-refractivity contribution in [3.8, 4) is 56.0 Å². The van der Waals surface area contributed by atoms with Crippen molar-refractivity contribution in [2.75, 3.05) is 4.90 Å². The van der Waals surface area contributed by atoms with Gasteiger partial charge in [-0.15, -0.1) is 0 Å². The predicted molar refractivity (Wildman–Crippen MR) is 308 cm³/mol. The number of anilines is 3. The molecule has 2 spiro atoms. The quantitative estimate of drug-likeness (QED) is 0.171. The van der Waals surface area contributed by atoms with Crippen LogP contribution >= 0.6 is 11.8 Å². The summed E-state index contributed by atoms with van der Waals surface area (Å²) in [5.74, 6) is 1.76. The minimum absolute atomic E-state index is 0.591. The Kier molecular flexibility index (Phi) is 9.14. The Hall–Kier alpha value is -9.15. The molecule has 0 fully saturated rings. The largest absolute Gasteiger partial charge is 0.457 e. The standard InChI is InChI=1S/C72H45NOS/c1-2-21-46(22-3-1)47-41-43-48(44-42-47)50-24-8-15-35-62(50)73(63-36-20-34-60-68(63)52-26-6-9-28-54(52)71(60)56-30-11-16-37-64(56)74-65-38-17-12-31-57(65)71)70-51-25-5-4-23-49(51)45-61-69(70)53-27-7-10-29-55(53)72(61)58-32-13-18-39-66(58)75-67-40-19-14-33-59(67)72/h1-45H. The second-order valence-corrected chi connectivity index (χ2v) is 21.2. The first-order chi connectivity index (χ1) is 37.2. The Balaban J connectivity index is 1.06. The smallest absolute Gasteiger partial charge is 0.132 e. The minimum Gasteiger partial charge on any atom is -0.457 e. The molecule has 0 N–H and O–H groups in total. The predicted octanol–water partition coefficient (Wildman–Crippen LogP) is 18.9. The summed E-state index contributed by atoms with van der Waals surface area (Å²) in [5.41, 5.74) is 21.7. The number of nitrogens with zero attached hydrogens (tertiary/aromatic N) is 1. The van der Waals surface area contributed by atoms with E-state index in [0.29, 0.717) is 0 Å². The summed E-state index contributed by atoms with van der Waals surface area (Å²) in [6.45, 7) is 0. The molecule has 0 atom stereocenters. The van der Waals surface area contributed by atoms with Crippen LogP contribution < -0.4 is 9.64 Å². The Bertz CT molecular complexity index is 4230. The maximum Gasteiger partial charge on any atom is 0.132 e. The maximum absolute atomic E-state index is 6.84. The van der Waals surface area contributed by atoms with Crippen molar-refractivity contribution in [3.05, 3.63) is 317 Å². The van der Waals surface area contributed by atoms with E-state index in [9.17, 15) is 0 Å². The first-order valence-electron chi connectivity index (χ1n) is 25.9. The molecule has 0 saturated carbocycles. The number of fused-ring (bicyclic) bond motifs is 19. The molecule has 2 aliphatic heterocycles. The van der Waals surface area contributed by atoms with Crippen LogP contribution in [0.2, 0.25) is 0 Å². The van der Waals surface area contributed by atoms with Crippen molar-refractivity contribution >= 4 is 39.6 Å². The minimum atomic E-state index is -0.656. The van der Waals surface area contributed by atoms with Crippen LogP contribution in [0.4, 0.5) is 17.1 Å². The summed E-state index contributed by atoms with van der Waals surface area (Å²) in [4.78, 5) is 5.24. The van der Waals surface area contributed by atoms with Crippen LogP contribution in [0.3, 0.4) is 0 Å². The summed E-state index contributed by atoms with van der Waals surface area (Å²) in [5, 5.41) is 2.38. The van der Waals surface area contributed by atoms with E-state index in [4.69, 9.17) is 4.74 Å². The first kappa shape index (κ1) is 42.4. The van der Waals surface area contributed by atoms with Crippen molar-refractivity contribution in [3.63, 3.8) is 0 Å². The third-order valence-corrected chi connectivity index (χ3v) is 17.7. The van der Waals surface area contributed by atoms with Gasteiger partial charge in [-0.2, -0.15) is 0 Å². The van der Waals surface area contributed by atoms with Gasteiger partial charge in [-0.3, -0.25) is 0 Å². The lowest BCUT2D eigenvalue weighted by Gasteiger charge is -2.40. The molecule has 0 bridgehead atoms. The van der Waals surface area contributed by atoms with E-state index in [0.717, 1.165) is 50.8 Å². The zero-order valence-corrected chi connectivity index (χ0v) is 41.6. The maximum atomic E-state index is 6.84. The van der Waals surface area contributed by atoms with Gasteiger partial charge in [-0.1, -0.05) is 242 Å². The Labute approximate surface area is 440 Å². The zero-order valence-electron chi connectivity index (χ0n) is 40.7. The molecule has 0 unspecified atom stereocenters. The summed E-state index contributed by atoms with van der Waals surface area (Å²) < 4.78 is 6.84. The van der Waals surface area contributed by atoms with Gasteiger partial charge in [0.2, 0.25) is 0 Å². The SMILES string of the molecule is c1ccc(-c2ccc(-c3ccccc3N(c3cccc4c3-c3ccccc3C43c4ccccc4Oc4ccccc43)c3c4c(cc5ccccc35)C3(c5ccccc5Sc5ccccc53)c3ccccc3-4)cc2)cc1. The number of para-hydroxylation sites is 3. The second-order valence-electron chi connectivity index (χ2n) is 20.1. The Morgan fingerprint density at radius 2 is 0.773 bits per heavy atom. The van der Waals surface area contributed by atoms with Gasteiger partial charge in [0.05, 0.1) is 27.9 Å². The first-order valence-corrected chi connectivity index (χ1v) is 26.7. The molecule has 75 heavy (non-hydrogen) atoms. The van der Waals surface area contributed by atoms with E-state index in [2.05, 4.69) is 278 Å². The summed E-state index contributed by atoms with van der Waals surface area (Å²) in [7, 11) is 0. The fourth-order valence-corrected chi connectivity index (χ4v) is 14.9. The molecule has 2 aliphatic carbocycles. The average molecular weight is 972 g/mol. The van der Waals surface area contributed by atoms with Crippen molar-refractivity contribution in [2.45, 2.75) is 20.6 Å². The lowest BCUT2D eigenvalue weighted by molar-refractivity contribution is 0.436. The highest BCUT2D eigenvalue weighted by Gasteiger charge is 2.54. The molecule has 0 aromatic heterocycles. The van der Waals surface area contributed by atoms with E-state index in [1.165, 1.54) is 87.3 Å². The molecule has 0 amide bonds. The number of hydrogen-bond donors (Lipinski definition) is 0. The number of benzene rings is 12. The number of rotatable bonds is 5. The van der Waals surface area contributed by atoms with E-state index in [-0.39, 0.29) is 0 Å². The summed E-state index contributed by atoms with van der Waals surface area (Å²) in [6, 6.07) is 102. The molecule has 12 aromatic carbocycles. The van der Waals surface area contributed by atoms with Crippen molar-refractivity contribution in [1.82, 2.24) is 0 Å². The van der Waals surface area contributed by atoms with Crippen molar-refractivity contribution in [1.29, 1.82) is 0 Å². The molecule has 12 aromatic rings. The molecule has 16 rings (SSSR count). The highest BCUT2D eigenvalue weighted by atomic mass is 32.2. The molecule has 4 aliphatic rings. The molecule has 0 radical (unpaired) electrons. The molecular weight excluding hydrogens is 927 g/mol. The molecular formula is C72H45NOS. The molecule has 2 nitrogen and oxygen atoms in total. The number of ether oxygens (including phenoxy) is 1. The van der Waals surface area contributed by atoms with Crippen LogP contribution in [0.1, 0.15) is 44.5 Å². The topological polar surface area (TPSA) is 12.5 Å². The average Bonchev–Trinajstić information content (AvgIpc) is 3.95. The highest BCUT2D eigenvalue weighted by molar-refractivity contribution is 7.99. The number of hydrogen-bond acceptors (Lipinski definition) is 3. The van der Waals surface area contributed by atoms with Gasteiger partial charge < -0.3 is 9.64 Å². The summed E-state index contributed by atoms with van der Waals surface area (Å²) in [6.07, 6.45) is 0. The third kappa shape index (κ3) is 5.76. The highest BCUT2D eigenvalue weighted by Crippen LogP contribution is 2.68. The van der Waals surface area contributed by atoms with Crippen LogP contribution in [0.25, 0.3) is 55.3 Å². The fourth-order valence-electron chi connectivity index (χ4n) is 13.7. The van der Waals surface area contributed by atoms with Gasteiger partial charge in [0.1, 0.15) is 11.5 Å². The molecule has 2 heterocycles. The summed E-state index contributed by atoms with van der Waals surface area (Å²) >= 11 is 1.89. The van der Waals surface area contributed by atoms with Gasteiger partial charge in [0, 0.05) is 43.0 Å². The van der Waals surface area contributed by atoms with Crippen LogP contribution in [0, 0.1) is 0 Å². The Morgan fingerprint density at radius 3 is 1.45 bits per heavy atom. The second kappa shape index (κ2) is 16.2. The van der Waals surface area contributed by atoms with Gasteiger partial charge in [0.15, 0.2) is 0 Å². The fraction of sp³-hybridized carbons (Fsp3) is 0.0278. The molecule has 3 heteroatoms. The normalized spacial score (nSPS) is 14.1. The van der Waals surface area contributed by atoms with Crippen LogP contribution in [0.15, 0.2) is 283 Å². The van der Waals surface area contributed by atoms with Gasteiger partial charge in [-0.25, -0.2) is 0 Å².